The molecule has 0 unspecified atom stereocenters. The Balaban J connectivity index is 1.72. The lowest BCUT2D eigenvalue weighted by atomic mass is 9.92. The van der Waals surface area contributed by atoms with Gasteiger partial charge in [-0.2, -0.15) is 18.3 Å². The summed E-state index contributed by atoms with van der Waals surface area (Å²) in [5, 5.41) is 5.99. The smallest absolute Gasteiger partial charge is 0.296 e. The summed E-state index contributed by atoms with van der Waals surface area (Å²) < 4.78 is 38.1. The summed E-state index contributed by atoms with van der Waals surface area (Å²) in [6, 6.07) is 5.31. The average molecular weight is 324 g/mol. The maximum absolute atomic E-state index is 12.7. The standard InChI is InChI=1S/C16H19F3N4/c1-11(12-4-6-20-7-5-12)23-8-2-3-13(10-23)14-9-15(22-21-14)16(17,18)19/h4-7,9,11,13H,2-3,8,10H2,1H3,(H,21,22)/t11-,13+/m1/s1. The molecule has 7 heteroatoms. The fourth-order valence-corrected chi connectivity index (χ4v) is 3.16. The number of likely N-dealkylation sites (tertiary alicyclic amines) is 1. The summed E-state index contributed by atoms with van der Waals surface area (Å²) in [7, 11) is 0. The zero-order valence-corrected chi connectivity index (χ0v) is 12.8. The molecule has 3 heterocycles. The molecule has 23 heavy (non-hydrogen) atoms. The molecule has 3 rings (SSSR count). The number of hydrogen-bond acceptors (Lipinski definition) is 3. The molecule has 0 saturated carbocycles. The van der Waals surface area contributed by atoms with Crippen molar-refractivity contribution >= 4 is 0 Å². The molecule has 0 radical (unpaired) electrons. The Labute approximate surface area is 132 Å². The van der Waals surface area contributed by atoms with Gasteiger partial charge in [0, 0.05) is 36.6 Å². The SMILES string of the molecule is C[C@H](c1ccncc1)N1CCC[C@H](c2cc(C(F)(F)F)n[nH]2)C1. The van der Waals surface area contributed by atoms with Crippen LogP contribution in [0.3, 0.4) is 0 Å². The molecule has 1 aliphatic rings. The fraction of sp³-hybridized carbons (Fsp3) is 0.500. The average Bonchev–Trinajstić information content (AvgIpc) is 3.05. The molecule has 4 nitrogen and oxygen atoms in total. The van der Waals surface area contributed by atoms with Crippen LogP contribution in [0.5, 0.6) is 0 Å². The van der Waals surface area contributed by atoms with E-state index in [1.165, 1.54) is 5.56 Å². The zero-order chi connectivity index (χ0) is 16.4. The van der Waals surface area contributed by atoms with E-state index >= 15 is 0 Å². The third-order valence-corrected chi connectivity index (χ3v) is 4.52. The van der Waals surface area contributed by atoms with Crippen molar-refractivity contribution in [2.24, 2.45) is 0 Å². The number of pyridine rings is 1. The lowest BCUT2D eigenvalue weighted by Crippen LogP contribution is -2.36. The summed E-state index contributed by atoms with van der Waals surface area (Å²) in [4.78, 5) is 6.33. The summed E-state index contributed by atoms with van der Waals surface area (Å²) in [5.41, 5.74) is 0.900. The highest BCUT2D eigenvalue weighted by molar-refractivity contribution is 5.18. The number of nitrogens with zero attached hydrogens (tertiary/aromatic N) is 3. The number of aromatic amines is 1. The van der Waals surface area contributed by atoms with Crippen LogP contribution in [0.15, 0.2) is 30.6 Å². The highest BCUT2D eigenvalue weighted by Crippen LogP contribution is 2.34. The van der Waals surface area contributed by atoms with Crippen LogP contribution in [0.1, 0.15) is 48.7 Å². The second kappa shape index (κ2) is 6.31. The van der Waals surface area contributed by atoms with Crippen molar-refractivity contribution in [1.29, 1.82) is 0 Å². The van der Waals surface area contributed by atoms with E-state index < -0.39 is 11.9 Å². The highest BCUT2D eigenvalue weighted by atomic mass is 19.4. The Kier molecular flexibility index (Phi) is 4.39. The minimum atomic E-state index is -4.40. The van der Waals surface area contributed by atoms with E-state index in [-0.39, 0.29) is 12.0 Å². The number of nitrogens with one attached hydrogen (secondary N) is 1. The third kappa shape index (κ3) is 3.55. The van der Waals surface area contributed by atoms with Crippen LogP contribution in [0, 0.1) is 0 Å². The topological polar surface area (TPSA) is 44.8 Å². The van der Waals surface area contributed by atoms with Crippen molar-refractivity contribution in [3.8, 4) is 0 Å². The van der Waals surface area contributed by atoms with E-state index in [9.17, 15) is 13.2 Å². The molecule has 0 aliphatic carbocycles. The van der Waals surface area contributed by atoms with Gasteiger partial charge >= 0.3 is 6.18 Å². The predicted molar refractivity (Wildman–Crippen MR) is 79.8 cm³/mol. The molecule has 0 spiro atoms. The Morgan fingerprint density at radius 3 is 2.70 bits per heavy atom. The Morgan fingerprint density at radius 2 is 2.04 bits per heavy atom. The van der Waals surface area contributed by atoms with Gasteiger partial charge in [0.05, 0.1) is 0 Å². The predicted octanol–water partition coefficient (Wildman–Crippen LogP) is 3.76. The third-order valence-electron chi connectivity index (χ3n) is 4.52. The zero-order valence-electron chi connectivity index (χ0n) is 12.8. The largest absolute Gasteiger partial charge is 0.435 e. The molecule has 1 saturated heterocycles. The van der Waals surface area contributed by atoms with Crippen molar-refractivity contribution in [2.75, 3.05) is 13.1 Å². The number of aromatic nitrogens is 3. The molecule has 2 atom stereocenters. The minimum absolute atomic E-state index is 0.0524. The number of piperidine rings is 1. The van der Waals surface area contributed by atoms with Crippen LogP contribution < -0.4 is 0 Å². The van der Waals surface area contributed by atoms with Crippen molar-refractivity contribution in [2.45, 2.75) is 37.9 Å². The van der Waals surface area contributed by atoms with Crippen molar-refractivity contribution in [3.63, 3.8) is 0 Å². The van der Waals surface area contributed by atoms with Gasteiger partial charge in [0.2, 0.25) is 0 Å². The van der Waals surface area contributed by atoms with Gasteiger partial charge in [0.25, 0.3) is 0 Å². The first kappa shape index (κ1) is 16.0. The molecule has 0 amide bonds. The quantitative estimate of drug-likeness (QED) is 0.935. The molecule has 0 bridgehead atoms. The van der Waals surface area contributed by atoms with E-state index in [0.717, 1.165) is 32.0 Å². The lowest BCUT2D eigenvalue weighted by Gasteiger charge is -2.36. The first-order chi connectivity index (χ1) is 10.9. The van der Waals surface area contributed by atoms with Crippen LogP contribution in [-0.2, 0) is 6.18 Å². The van der Waals surface area contributed by atoms with Gasteiger partial charge in [-0.15, -0.1) is 0 Å². The highest BCUT2D eigenvalue weighted by Gasteiger charge is 2.35. The minimum Gasteiger partial charge on any atom is -0.296 e. The summed E-state index contributed by atoms with van der Waals surface area (Å²) in [6.07, 6.45) is 0.961. The second-order valence-corrected chi connectivity index (χ2v) is 6.00. The van der Waals surface area contributed by atoms with Crippen LogP contribution >= 0.6 is 0 Å². The molecule has 2 aromatic heterocycles. The van der Waals surface area contributed by atoms with Crippen molar-refractivity contribution in [3.05, 3.63) is 47.5 Å². The van der Waals surface area contributed by atoms with Crippen LogP contribution in [0.4, 0.5) is 13.2 Å². The van der Waals surface area contributed by atoms with Gasteiger partial charge in [-0.05, 0) is 50.1 Å². The van der Waals surface area contributed by atoms with Crippen LogP contribution in [-0.4, -0.2) is 33.2 Å². The van der Waals surface area contributed by atoms with E-state index in [1.807, 2.05) is 12.1 Å². The number of hydrogen-bond donors (Lipinski definition) is 1. The normalized spacial score (nSPS) is 21.3. The number of halogens is 3. The van der Waals surface area contributed by atoms with Gasteiger partial charge in [-0.1, -0.05) is 0 Å². The number of rotatable bonds is 3. The van der Waals surface area contributed by atoms with Gasteiger partial charge in [-0.25, -0.2) is 0 Å². The van der Waals surface area contributed by atoms with E-state index in [2.05, 4.69) is 27.0 Å². The monoisotopic (exact) mass is 324 g/mol. The van der Waals surface area contributed by atoms with E-state index in [1.54, 1.807) is 12.4 Å². The second-order valence-electron chi connectivity index (χ2n) is 6.00. The molecular formula is C16H19F3N4. The van der Waals surface area contributed by atoms with E-state index in [0.29, 0.717) is 5.69 Å². The molecule has 124 valence electrons. The molecule has 1 fully saturated rings. The van der Waals surface area contributed by atoms with Gasteiger partial charge in [0.1, 0.15) is 0 Å². The van der Waals surface area contributed by atoms with E-state index in [4.69, 9.17) is 0 Å². The summed E-state index contributed by atoms with van der Waals surface area (Å²) >= 11 is 0. The maximum atomic E-state index is 12.7. The lowest BCUT2D eigenvalue weighted by molar-refractivity contribution is -0.141. The number of H-pyrrole nitrogens is 1. The molecular weight excluding hydrogens is 305 g/mol. The Hall–Kier alpha value is -1.89. The number of alkyl halides is 3. The summed E-state index contributed by atoms with van der Waals surface area (Å²) in [5.74, 6) is 0.0524. The first-order valence-corrected chi connectivity index (χ1v) is 7.71. The molecule has 1 aliphatic heterocycles. The molecule has 1 N–H and O–H groups in total. The fourth-order valence-electron chi connectivity index (χ4n) is 3.16. The van der Waals surface area contributed by atoms with Gasteiger partial charge in [0.15, 0.2) is 5.69 Å². The van der Waals surface area contributed by atoms with Gasteiger partial charge in [-0.3, -0.25) is 15.0 Å². The molecule has 0 aromatic carbocycles. The van der Waals surface area contributed by atoms with Crippen molar-refractivity contribution < 1.29 is 13.2 Å². The summed E-state index contributed by atoms with van der Waals surface area (Å²) in [6.45, 7) is 3.79. The van der Waals surface area contributed by atoms with Crippen molar-refractivity contribution in [1.82, 2.24) is 20.1 Å². The van der Waals surface area contributed by atoms with Gasteiger partial charge < -0.3 is 0 Å². The Bertz CT molecular complexity index is 638. The van der Waals surface area contributed by atoms with Crippen LogP contribution in [0.2, 0.25) is 0 Å². The maximum Gasteiger partial charge on any atom is 0.435 e. The molecule has 2 aromatic rings. The Morgan fingerprint density at radius 1 is 1.30 bits per heavy atom. The van der Waals surface area contributed by atoms with Crippen LogP contribution in [0.25, 0.3) is 0 Å². The first-order valence-electron chi connectivity index (χ1n) is 7.71.